The quantitative estimate of drug-likeness (QED) is 0.775. The molecule has 1 aromatic carbocycles. The number of nitrogens with zero attached hydrogens (tertiary/aromatic N) is 2. The lowest BCUT2D eigenvalue weighted by Crippen LogP contribution is -2.54. The molecule has 3 rings (SSSR count). The third-order valence-corrected chi connectivity index (χ3v) is 7.98. The highest BCUT2D eigenvalue weighted by Crippen LogP contribution is 2.33. The van der Waals surface area contributed by atoms with Crippen LogP contribution in [0, 0.1) is 0 Å². The van der Waals surface area contributed by atoms with E-state index in [0.29, 0.717) is 24.6 Å². The Kier molecular flexibility index (Phi) is 5.54. The van der Waals surface area contributed by atoms with E-state index < -0.39 is 10.0 Å². The number of aryl methyl sites for hydroxylation is 2. The second-order valence-corrected chi connectivity index (χ2v) is 9.49. The topological polar surface area (TPSA) is 49.9 Å². The SMILES string of the molecule is COCCC1(N(C)C)CCN(S(=O)(=O)c2ccc3c(c2)CCC3)CC1. The van der Waals surface area contributed by atoms with Crippen molar-refractivity contribution in [2.24, 2.45) is 0 Å². The minimum Gasteiger partial charge on any atom is -0.385 e. The number of piperidine rings is 1. The van der Waals surface area contributed by atoms with Crippen molar-refractivity contribution in [2.45, 2.75) is 49.0 Å². The van der Waals surface area contributed by atoms with Gasteiger partial charge in [0.05, 0.1) is 4.90 Å². The highest BCUT2D eigenvalue weighted by Gasteiger charge is 2.39. The van der Waals surface area contributed by atoms with Gasteiger partial charge in [0.25, 0.3) is 0 Å². The fourth-order valence-electron chi connectivity index (χ4n) is 4.21. The van der Waals surface area contributed by atoms with Gasteiger partial charge in [-0.25, -0.2) is 8.42 Å². The van der Waals surface area contributed by atoms with E-state index >= 15 is 0 Å². The molecule has 5 nitrogen and oxygen atoms in total. The summed E-state index contributed by atoms with van der Waals surface area (Å²) in [6.45, 7) is 1.85. The maximum absolute atomic E-state index is 13.1. The zero-order chi connectivity index (χ0) is 18.1. The monoisotopic (exact) mass is 366 g/mol. The third kappa shape index (κ3) is 3.63. The van der Waals surface area contributed by atoms with Crippen LogP contribution < -0.4 is 0 Å². The van der Waals surface area contributed by atoms with Crippen LogP contribution in [0.3, 0.4) is 0 Å². The summed E-state index contributed by atoms with van der Waals surface area (Å²) in [4.78, 5) is 2.70. The predicted molar refractivity (Wildman–Crippen MR) is 99.4 cm³/mol. The fourth-order valence-corrected chi connectivity index (χ4v) is 5.71. The molecule has 0 aromatic heterocycles. The molecule has 140 valence electrons. The lowest BCUT2D eigenvalue weighted by Gasteiger charge is -2.45. The van der Waals surface area contributed by atoms with E-state index in [0.717, 1.165) is 38.5 Å². The third-order valence-electron chi connectivity index (χ3n) is 6.08. The number of hydrogen-bond acceptors (Lipinski definition) is 4. The number of hydrogen-bond donors (Lipinski definition) is 0. The van der Waals surface area contributed by atoms with Gasteiger partial charge in [0.1, 0.15) is 0 Å². The average molecular weight is 367 g/mol. The summed E-state index contributed by atoms with van der Waals surface area (Å²) < 4.78 is 33.1. The van der Waals surface area contributed by atoms with Gasteiger partial charge in [-0.15, -0.1) is 0 Å². The Morgan fingerprint density at radius 2 is 1.84 bits per heavy atom. The van der Waals surface area contributed by atoms with Crippen LogP contribution in [0.1, 0.15) is 36.8 Å². The van der Waals surface area contributed by atoms with E-state index in [9.17, 15) is 8.42 Å². The van der Waals surface area contributed by atoms with E-state index in [1.807, 2.05) is 12.1 Å². The Bertz CT molecular complexity index is 707. The minimum absolute atomic E-state index is 0.0277. The summed E-state index contributed by atoms with van der Waals surface area (Å²) in [6.07, 6.45) is 5.82. The first-order chi connectivity index (χ1) is 11.9. The Morgan fingerprint density at radius 1 is 1.16 bits per heavy atom. The van der Waals surface area contributed by atoms with Gasteiger partial charge in [0.2, 0.25) is 10.0 Å². The maximum atomic E-state index is 13.1. The van der Waals surface area contributed by atoms with Crippen molar-refractivity contribution in [1.82, 2.24) is 9.21 Å². The zero-order valence-corrected chi connectivity index (χ0v) is 16.4. The van der Waals surface area contributed by atoms with Gasteiger partial charge in [-0.2, -0.15) is 4.31 Å². The highest BCUT2D eigenvalue weighted by atomic mass is 32.2. The molecule has 1 fully saturated rings. The summed E-state index contributed by atoms with van der Waals surface area (Å²) in [5.41, 5.74) is 2.55. The lowest BCUT2D eigenvalue weighted by atomic mass is 9.84. The molecule has 6 heteroatoms. The van der Waals surface area contributed by atoms with Crippen LogP contribution in [0.15, 0.2) is 23.1 Å². The van der Waals surface area contributed by atoms with Gasteiger partial charge in [-0.05, 0) is 75.9 Å². The molecule has 1 saturated heterocycles. The molecule has 0 amide bonds. The Morgan fingerprint density at radius 3 is 2.48 bits per heavy atom. The molecule has 0 saturated carbocycles. The molecule has 0 N–H and O–H groups in total. The molecule has 25 heavy (non-hydrogen) atoms. The predicted octanol–water partition coefficient (Wildman–Crippen LogP) is 2.30. The molecule has 0 radical (unpaired) electrons. The van der Waals surface area contributed by atoms with Gasteiger partial charge in [-0.1, -0.05) is 6.07 Å². The van der Waals surface area contributed by atoms with Crippen LogP contribution in [0.5, 0.6) is 0 Å². The number of rotatable bonds is 6. The number of benzene rings is 1. The molecule has 1 aliphatic carbocycles. The van der Waals surface area contributed by atoms with Crippen molar-refractivity contribution in [2.75, 3.05) is 40.9 Å². The van der Waals surface area contributed by atoms with Crippen LogP contribution in [0.4, 0.5) is 0 Å². The van der Waals surface area contributed by atoms with Crippen LogP contribution in [-0.2, 0) is 27.6 Å². The molecule has 1 aromatic rings. The molecule has 1 aliphatic heterocycles. The van der Waals surface area contributed by atoms with Crippen molar-refractivity contribution < 1.29 is 13.2 Å². The van der Waals surface area contributed by atoms with E-state index in [1.54, 1.807) is 17.5 Å². The number of ether oxygens (including phenoxy) is 1. The molecule has 0 atom stereocenters. The number of sulfonamides is 1. The Balaban J connectivity index is 1.75. The average Bonchev–Trinajstić information content (AvgIpc) is 3.07. The van der Waals surface area contributed by atoms with Gasteiger partial charge in [-0.3, -0.25) is 0 Å². The molecule has 2 aliphatic rings. The van der Waals surface area contributed by atoms with Crippen LogP contribution in [0.25, 0.3) is 0 Å². The molecule has 1 heterocycles. The van der Waals surface area contributed by atoms with Crippen LogP contribution in [-0.4, -0.2) is 64.1 Å². The van der Waals surface area contributed by atoms with E-state index in [2.05, 4.69) is 19.0 Å². The summed E-state index contributed by atoms with van der Waals surface area (Å²) in [5.74, 6) is 0. The van der Waals surface area contributed by atoms with Crippen molar-refractivity contribution in [3.8, 4) is 0 Å². The summed E-state index contributed by atoms with van der Waals surface area (Å²) in [6, 6.07) is 5.69. The summed E-state index contributed by atoms with van der Waals surface area (Å²) in [5, 5.41) is 0. The highest BCUT2D eigenvalue weighted by molar-refractivity contribution is 7.89. The first-order valence-electron chi connectivity index (χ1n) is 9.17. The summed E-state index contributed by atoms with van der Waals surface area (Å²) in [7, 11) is 2.49. The number of methoxy groups -OCH3 is 1. The lowest BCUT2D eigenvalue weighted by molar-refractivity contribution is 0.0467. The van der Waals surface area contributed by atoms with Crippen molar-refractivity contribution in [1.29, 1.82) is 0 Å². The second-order valence-electron chi connectivity index (χ2n) is 7.55. The molecule has 0 unspecified atom stereocenters. The van der Waals surface area contributed by atoms with Crippen LogP contribution in [0.2, 0.25) is 0 Å². The zero-order valence-electron chi connectivity index (χ0n) is 15.6. The maximum Gasteiger partial charge on any atom is 0.243 e. The number of fused-ring (bicyclic) bond motifs is 1. The minimum atomic E-state index is -3.40. The van der Waals surface area contributed by atoms with Crippen molar-refractivity contribution >= 4 is 10.0 Å². The van der Waals surface area contributed by atoms with Crippen molar-refractivity contribution in [3.63, 3.8) is 0 Å². The van der Waals surface area contributed by atoms with E-state index in [1.165, 1.54) is 11.1 Å². The van der Waals surface area contributed by atoms with Gasteiger partial charge in [0.15, 0.2) is 0 Å². The van der Waals surface area contributed by atoms with E-state index in [4.69, 9.17) is 4.74 Å². The van der Waals surface area contributed by atoms with Crippen LogP contribution >= 0.6 is 0 Å². The fraction of sp³-hybridized carbons (Fsp3) is 0.684. The molecular formula is C19H30N2O3S. The van der Waals surface area contributed by atoms with Gasteiger partial charge in [0, 0.05) is 32.3 Å². The standard InChI is InChI=1S/C19H30N2O3S/c1-20(2)19(11-14-24-3)9-12-21(13-10-19)25(22,23)18-8-7-16-5-4-6-17(16)15-18/h7-8,15H,4-6,9-14H2,1-3H3. The first kappa shape index (κ1) is 18.8. The van der Waals surface area contributed by atoms with Gasteiger partial charge < -0.3 is 9.64 Å². The molecule has 0 bridgehead atoms. The molecular weight excluding hydrogens is 336 g/mol. The van der Waals surface area contributed by atoms with Gasteiger partial charge >= 0.3 is 0 Å². The second kappa shape index (κ2) is 7.35. The Hall–Kier alpha value is -0.950. The summed E-state index contributed by atoms with van der Waals surface area (Å²) >= 11 is 0. The first-order valence-corrected chi connectivity index (χ1v) is 10.6. The van der Waals surface area contributed by atoms with E-state index in [-0.39, 0.29) is 5.54 Å². The smallest absolute Gasteiger partial charge is 0.243 e. The molecule has 0 spiro atoms. The Labute approximate surface area is 152 Å². The normalized spacial score (nSPS) is 20.8. The largest absolute Gasteiger partial charge is 0.385 e. The van der Waals surface area contributed by atoms with Crippen molar-refractivity contribution in [3.05, 3.63) is 29.3 Å².